The van der Waals surface area contributed by atoms with E-state index in [2.05, 4.69) is 15.3 Å². The smallest absolute Gasteiger partial charge is 0.416 e. The minimum atomic E-state index is -4.51. The summed E-state index contributed by atoms with van der Waals surface area (Å²) >= 11 is 0. The molecule has 0 aliphatic heterocycles. The first-order valence-corrected chi connectivity index (χ1v) is 8.87. The minimum Gasteiger partial charge on any atom is -0.488 e. The van der Waals surface area contributed by atoms with Gasteiger partial charge in [-0.05, 0) is 50.6 Å². The van der Waals surface area contributed by atoms with Crippen LogP contribution in [0.5, 0.6) is 5.75 Å². The van der Waals surface area contributed by atoms with E-state index in [0.29, 0.717) is 13.0 Å². The molecule has 0 saturated carbocycles. The molecular formula is C20H26F3IN4O. The highest BCUT2D eigenvalue weighted by Gasteiger charge is 2.34. The molecule has 1 heterocycles. The fourth-order valence-electron chi connectivity index (χ4n) is 2.47. The van der Waals surface area contributed by atoms with Gasteiger partial charge in [-0.3, -0.25) is 4.98 Å². The van der Waals surface area contributed by atoms with Gasteiger partial charge in [0.25, 0.3) is 0 Å². The van der Waals surface area contributed by atoms with E-state index in [1.165, 1.54) is 12.1 Å². The van der Waals surface area contributed by atoms with E-state index in [1.807, 2.05) is 18.2 Å². The lowest BCUT2D eigenvalue weighted by Crippen LogP contribution is -2.33. The lowest BCUT2D eigenvalue weighted by atomic mass is 10.1. The maximum Gasteiger partial charge on any atom is 0.416 e. The van der Waals surface area contributed by atoms with Gasteiger partial charge in [0, 0.05) is 24.9 Å². The van der Waals surface area contributed by atoms with Crippen molar-refractivity contribution < 1.29 is 17.9 Å². The summed E-state index contributed by atoms with van der Waals surface area (Å²) in [6.45, 7) is 5.62. The highest BCUT2D eigenvalue weighted by atomic mass is 127. The molecule has 5 nitrogen and oxygen atoms in total. The number of guanidine groups is 1. The zero-order valence-corrected chi connectivity index (χ0v) is 18.9. The van der Waals surface area contributed by atoms with E-state index < -0.39 is 17.3 Å². The fraction of sp³-hybridized carbons (Fsp3) is 0.400. The molecule has 0 atom stereocenters. The average molecular weight is 522 g/mol. The predicted octanol–water partition coefficient (Wildman–Crippen LogP) is 4.54. The summed E-state index contributed by atoms with van der Waals surface area (Å²) in [5, 5.41) is 2.88. The van der Waals surface area contributed by atoms with Crippen molar-refractivity contribution >= 4 is 29.9 Å². The molecule has 160 valence electrons. The zero-order valence-electron chi connectivity index (χ0n) is 16.6. The number of pyridine rings is 1. The number of hydrogen-bond acceptors (Lipinski definition) is 3. The standard InChI is InChI=1S/C20H25F3N4O.HI/c1-19(2,3)28-16-8-7-14(17(12-16)20(21,22)23)13-27-18(24)26-11-9-15-6-4-5-10-25-15;/h4-8,10,12H,9,11,13H2,1-3H3,(H3,24,26,27);1H. The molecule has 3 N–H and O–H groups in total. The highest BCUT2D eigenvalue weighted by molar-refractivity contribution is 14.0. The van der Waals surface area contributed by atoms with E-state index >= 15 is 0 Å². The number of nitrogens with two attached hydrogens (primary N) is 1. The summed E-state index contributed by atoms with van der Waals surface area (Å²) in [5.74, 6) is 0.244. The lowest BCUT2D eigenvalue weighted by Gasteiger charge is -2.22. The van der Waals surface area contributed by atoms with Gasteiger partial charge in [0.15, 0.2) is 5.96 Å². The van der Waals surface area contributed by atoms with Gasteiger partial charge in [-0.2, -0.15) is 13.2 Å². The number of alkyl halides is 3. The first-order valence-electron chi connectivity index (χ1n) is 8.87. The third kappa shape index (κ3) is 8.88. The molecule has 29 heavy (non-hydrogen) atoms. The SMILES string of the molecule is CC(C)(C)Oc1ccc(CN=C(N)NCCc2ccccn2)c(C(F)(F)F)c1.I. The number of benzene rings is 1. The number of hydrogen-bond donors (Lipinski definition) is 2. The van der Waals surface area contributed by atoms with Crippen molar-refractivity contribution in [2.75, 3.05) is 6.54 Å². The van der Waals surface area contributed by atoms with Crippen LogP contribution in [0, 0.1) is 0 Å². The Bertz CT molecular complexity index is 806. The second-order valence-electron chi connectivity index (χ2n) is 7.23. The molecule has 0 bridgehead atoms. The number of nitrogens with zero attached hydrogens (tertiary/aromatic N) is 2. The average Bonchev–Trinajstić information content (AvgIpc) is 2.59. The summed E-state index contributed by atoms with van der Waals surface area (Å²) < 4.78 is 45.8. The summed E-state index contributed by atoms with van der Waals surface area (Å²) in [7, 11) is 0. The molecule has 2 rings (SSSR count). The molecule has 1 aromatic heterocycles. The molecule has 2 aromatic rings. The van der Waals surface area contributed by atoms with Crippen molar-refractivity contribution in [2.24, 2.45) is 10.7 Å². The van der Waals surface area contributed by atoms with Crippen LogP contribution >= 0.6 is 24.0 Å². The third-order valence-corrected chi connectivity index (χ3v) is 3.64. The fourth-order valence-corrected chi connectivity index (χ4v) is 2.47. The Balaban J connectivity index is 0.00000420. The Hall–Kier alpha value is -2.04. The van der Waals surface area contributed by atoms with E-state index in [-0.39, 0.29) is 47.8 Å². The first kappa shape index (κ1) is 25.0. The Morgan fingerprint density at radius 1 is 1.17 bits per heavy atom. The van der Waals surface area contributed by atoms with Crippen molar-refractivity contribution in [3.8, 4) is 5.75 Å². The van der Waals surface area contributed by atoms with E-state index in [9.17, 15) is 13.2 Å². The molecule has 0 fully saturated rings. The molecule has 0 radical (unpaired) electrons. The molecule has 0 amide bonds. The van der Waals surface area contributed by atoms with Crippen LogP contribution in [-0.2, 0) is 19.1 Å². The van der Waals surface area contributed by atoms with Crippen molar-refractivity contribution in [1.82, 2.24) is 10.3 Å². The Morgan fingerprint density at radius 2 is 1.90 bits per heavy atom. The molecule has 1 aromatic carbocycles. The molecule has 0 spiro atoms. The Morgan fingerprint density at radius 3 is 2.48 bits per heavy atom. The molecule has 0 saturated heterocycles. The van der Waals surface area contributed by atoms with Crippen LogP contribution in [0.15, 0.2) is 47.6 Å². The first-order chi connectivity index (χ1) is 13.0. The highest BCUT2D eigenvalue weighted by Crippen LogP contribution is 2.35. The van der Waals surface area contributed by atoms with Gasteiger partial charge in [-0.25, -0.2) is 4.99 Å². The van der Waals surface area contributed by atoms with Crippen molar-refractivity contribution in [3.05, 3.63) is 59.4 Å². The van der Waals surface area contributed by atoms with Gasteiger partial charge in [0.05, 0.1) is 12.1 Å². The van der Waals surface area contributed by atoms with Crippen molar-refractivity contribution in [3.63, 3.8) is 0 Å². The molecular weight excluding hydrogens is 496 g/mol. The normalized spacial score (nSPS) is 12.3. The van der Waals surface area contributed by atoms with Gasteiger partial charge < -0.3 is 15.8 Å². The molecule has 0 aliphatic rings. The lowest BCUT2D eigenvalue weighted by molar-refractivity contribution is -0.138. The van der Waals surface area contributed by atoms with Gasteiger partial charge in [-0.1, -0.05) is 12.1 Å². The van der Waals surface area contributed by atoms with Gasteiger partial charge in [0.1, 0.15) is 11.4 Å². The van der Waals surface area contributed by atoms with Gasteiger partial charge in [0.2, 0.25) is 0 Å². The van der Waals surface area contributed by atoms with Gasteiger partial charge >= 0.3 is 6.18 Å². The van der Waals surface area contributed by atoms with Crippen LogP contribution in [0.2, 0.25) is 0 Å². The molecule has 0 unspecified atom stereocenters. The van der Waals surface area contributed by atoms with E-state index in [0.717, 1.165) is 11.8 Å². The minimum absolute atomic E-state index is 0. The summed E-state index contributed by atoms with van der Waals surface area (Å²) in [6, 6.07) is 9.46. The van der Waals surface area contributed by atoms with Crippen molar-refractivity contribution in [2.45, 2.75) is 45.5 Å². The number of rotatable bonds is 6. The summed E-state index contributed by atoms with van der Waals surface area (Å²) in [6.07, 6.45) is -2.19. The number of aromatic nitrogens is 1. The predicted molar refractivity (Wildman–Crippen MR) is 119 cm³/mol. The zero-order chi connectivity index (χ0) is 20.8. The van der Waals surface area contributed by atoms with Crippen molar-refractivity contribution in [1.29, 1.82) is 0 Å². The monoisotopic (exact) mass is 522 g/mol. The maximum atomic E-state index is 13.4. The Labute approximate surface area is 186 Å². The largest absolute Gasteiger partial charge is 0.488 e. The maximum absolute atomic E-state index is 13.4. The van der Waals surface area contributed by atoms with Crippen LogP contribution in [0.1, 0.15) is 37.6 Å². The topological polar surface area (TPSA) is 72.5 Å². The summed E-state index contributed by atoms with van der Waals surface area (Å²) in [4.78, 5) is 8.21. The number of aliphatic imine (C=N–C) groups is 1. The van der Waals surface area contributed by atoms with Crippen LogP contribution < -0.4 is 15.8 Å². The summed E-state index contributed by atoms with van der Waals surface area (Å²) in [5.41, 5.74) is 5.32. The quantitative estimate of drug-likeness (QED) is 0.332. The van der Waals surface area contributed by atoms with Crippen LogP contribution in [0.3, 0.4) is 0 Å². The number of halogens is 4. The molecule has 9 heteroatoms. The molecule has 0 aliphatic carbocycles. The van der Waals surface area contributed by atoms with Crippen LogP contribution in [0.25, 0.3) is 0 Å². The van der Waals surface area contributed by atoms with Crippen LogP contribution in [0.4, 0.5) is 13.2 Å². The number of nitrogens with one attached hydrogen (secondary N) is 1. The second-order valence-corrected chi connectivity index (χ2v) is 7.23. The van der Waals surface area contributed by atoms with Gasteiger partial charge in [-0.15, -0.1) is 24.0 Å². The van der Waals surface area contributed by atoms with E-state index in [4.69, 9.17) is 10.5 Å². The number of ether oxygens (including phenoxy) is 1. The Kier molecular flexibility index (Phi) is 9.18. The van der Waals surface area contributed by atoms with E-state index in [1.54, 1.807) is 27.0 Å². The second kappa shape index (κ2) is 10.7. The third-order valence-electron chi connectivity index (χ3n) is 3.64. The van der Waals surface area contributed by atoms with Crippen LogP contribution in [-0.4, -0.2) is 23.1 Å².